The second kappa shape index (κ2) is 5.86. The van der Waals surface area contributed by atoms with E-state index in [0.29, 0.717) is 12.2 Å². The average Bonchev–Trinajstić information content (AvgIpc) is 2.39. The number of rotatable bonds is 5. The molecule has 1 heterocycles. The number of aromatic nitrogens is 2. The molecule has 5 nitrogen and oxygen atoms in total. The van der Waals surface area contributed by atoms with Crippen molar-refractivity contribution in [3.8, 4) is 5.75 Å². The van der Waals surface area contributed by atoms with Gasteiger partial charge in [-0.2, -0.15) is 5.10 Å². The first-order valence-electron chi connectivity index (χ1n) is 5.70. The van der Waals surface area contributed by atoms with Gasteiger partial charge in [0.25, 0.3) is 5.56 Å². The predicted molar refractivity (Wildman–Crippen MR) is 70.0 cm³/mol. The third kappa shape index (κ3) is 3.10. The van der Waals surface area contributed by atoms with Crippen LogP contribution in [0.5, 0.6) is 5.75 Å². The Morgan fingerprint density at radius 1 is 1.39 bits per heavy atom. The highest BCUT2D eigenvalue weighted by Gasteiger charge is 2.01. The fourth-order valence-corrected chi connectivity index (χ4v) is 1.72. The van der Waals surface area contributed by atoms with Gasteiger partial charge < -0.3 is 10.1 Å². The van der Waals surface area contributed by atoms with Crippen LogP contribution in [0.25, 0.3) is 0 Å². The molecule has 0 saturated heterocycles. The Morgan fingerprint density at radius 2 is 2.22 bits per heavy atom. The highest BCUT2D eigenvalue weighted by Crippen LogP contribution is 2.17. The summed E-state index contributed by atoms with van der Waals surface area (Å²) in [5, 5.41) is 9.20. The fourth-order valence-electron chi connectivity index (χ4n) is 1.72. The Hall–Kier alpha value is -2.30. The van der Waals surface area contributed by atoms with E-state index in [1.54, 1.807) is 13.3 Å². The summed E-state index contributed by atoms with van der Waals surface area (Å²) >= 11 is 0. The normalized spacial score (nSPS) is 10.1. The van der Waals surface area contributed by atoms with Crippen LogP contribution in [0.2, 0.25) is 0 Å². The lowest BCUT2D eigenvalue weighted by molar-refractivity contribution is 0.410. The van der Waals surface area contributed by atoms with Gasteiger partial charge in [-0.1, -0.05) is 18.2 Å². The minimum absolute atomic E-state index is 0.211. The molecule has 0 aliphatic heterocycles. The summed E-state index contributed by atoms with van der Waals surface area (Å²) in [5.74, 6) is 0.878. The van der Waals surface area contributed by atoms with Crippen LogP contribution in [0.15, 0.2) is 41.3 Å². The number of hydrogen-bond acceptors (Lipinski definition) is 4. The molecular weight excluding hydrogens is 230 g/mol. The number of nitrogens with zero attached hydrogens (tertiary/aromatic N) is 1. The maximum absolute atomic E-state index is 11.0. The number of hydrogen-bond donors (Lipinski definition) is 2. The van der Waals surface area contributed by atoms with Crippen LogP contribution >= 0.6 is 0 Å². The molecule has 0 aliphatic rings. The molecule has 18 heavy (non-hydrogen) atoms. The van der Waals surface area contributed by atoms with E-state index in [9.17, 15) is 4.79 Å². The zero-order valence-corrected chi connectivity index (χ0v) is 10.1. The quantitative estimate of drug-likeness (QED) is 0.836. The van der Waals surface area contributed by atoms with Crippen LogP contribution in [0.1, 0.15) is 5.56 Å². The first kappa shape index (κ1) is 12.2. The van der Waals surface area contributed by atoms with Crippen molar-refractivity contribution in [3.05, 3.63) is 52.4 Å². The molecule has 0 aliphatic carbocycles. The molecule has 94 valence electrons. The first-order chi connectivity index (χ1) is 8.79. The van der Waals surface area contributed by atoms with Gasteiger partial charge in [-0.15, -0.1) is 0 Å². The molecule has 2 aromatic rings. The van der Waals surface area contributed by atoms with Crippen LogP contribution in [0.3, 0.4) is 0 Å². The van der Waals surface area contributed by atoms with Crippen molar-refractivity contribution in [2.24, 2.45) is 0 Å². The van der Waals surface area contributed by atoms with E-state index >= 15 is 0 Å². The minimum atomic E-state index is -0.211. The standard InChI is InChI=1S/C13H15N3O2/c1-18-12-5-3-2-4-10(12)6-7-14-11-8-13(17)16-15-9-11/h2-5,8-9H,6-7H2,1H3,(H2,14,16,17). The predicted octanol–water partition coefficient (Wildman–Crippen LogP) is 1.43. The Kier molecular flexibility index (Phi) is 3.96. The molecule has 5 heteroatoms. The van der Waals surface area contributed by atoms with E-state index < -0.39 is 0 Å². The van der Waals surface area contributed by atoms with Gasteiger partial charge in [-0.3, -0.25) is 4.79 Å². The van der Waals surface area contributed by atoms with Gasteiger partial charge in [0.2, 0.25) is 0 Å². The van der Waals surface area contributed by atoms with Gasteiger partial charge >= 0.3 is 0 Å². The van der Waals surface area contributed by atoms with Gasteiger partial charge in [0.05, 0.1) is 19.0 Å². The van der Waals surface area contributed by atoms with Crippen molar-refractivity contribution in [2.45, 2.75) is 6.42 Å². The van der Waals surface area contributed by atoms with Crippen molar-refractivity contribution in [1.29, 1.82) is 0 Å². The molecule has 1 aromatic carbocycles. The molecule has 0 amide bonds. The number of aromatic amines is 1. The van der Waals surface area contributed by atoms with Crippen molar-refractivity contribution < 1.29 is 4.74 Å². The van der Waals surface area contributed by atoms with Crippen molar-refractivity contribution in [3.63, 3.8) is 0 Å². The number of ether oxygens (including phenoxy) is 1. The van der Waals surface area contributed by atoms with E-state index in [0.717, 1.165) is 17.7 Å². The smallest absolute Gasteiger partial charge is 0.266 e. The number of H-pyrrole nitrogens is 1. The van der Waals surface area contributed by atoms with Crippen molar-refractivity contribution in [1.82, 2.24) is 10.2 Å². The monoisotopic (exact) mass is 245 g/mol. The maximum Gasteiger partial charge on any atom is 0.266 e. The molecule has 0 fully saturated rings. The SMILES string of the molecule is COc1ccccc1CCNc1cn[nH]c(=O)c1. The fraction of sp³-hybridized carbons (Fsp3) is 0.231. The molecule has 2 N–H and O–H groups in total. The molecule has 0 bridgehead atoms. The lowest BCUT2D eigenvalue weighted by Gasteiger charge is -2.09. The lowest BCUT2D eigenvalue weighted by atomic mass is 10.1. The Bertz CT molecular complexity index is 566. The molecule has 2 rings (SSSR count). The molecule has 0 unspecified atom stereocenters. The van der Waals surface area contributed by atoms with E-state index in [1.807, 2.05) is 24.3 Å². The maximum atomic E-state index is 11.0. The average molecular weight is 245 g/mol. The summed E-state index contributed by atoms with van der Waals surface area (Å²) in [5.41, 5.74) is 1.64. The number of para-hydroxylation sites is 1. The van der Waals surface area contributed by atoms with Gasteiger partial charge in [0.15, 0.2) is 0 Å². The van der Waals surface area contributed by atoms with E-state index in [2.05, 4.69) is 15.5 Å². The summed E-state index contributed by atoms with van der Waals surface area (Å²) in [6.07, 6.45) is 2.40. The topological polar surface area (TPSA) is 67.0 Å². The third-order valence-electron chi connectivity index (χ3n) is 2.58. The van der Waals surface area contributed by atoms with E-state index in [-0.39, 0.29) is 5.56 Å². The summed E-state index contributed by atoms with van der Waals surface area (Å²) < 4.78 is 5.27. The van der Waals surface area contributed by atoms with E-state index in [1.165, 1.54) is 6.07 Å². The van der Waals surface area contributed by atoms with Crippen LogP contribution < -0.4 is 15.6 Å². The number of methoxy groups -OCH3 is 1. The molecule has 0 atom stereocenters. The molecule has 0 spiro atoms. The van der Waals surface area contributed by atoms with Crippen molar-refractivity contribution in [2.75, 3.05) is 19.0 Å². The van der Waals surface area contributed by atoms with E-state index in [4.69, 9.17) is 4.74 Å². The number of anilines is 1. The zero-order valence-electron chi connectivity index (χ0n) is 10.1. The second-order valence-corrected chi connectivity index (χ2v) is 3.82. The van der Waals surface area contributed by atoms with Gasteiger partial charge in [-0.05, 0) is 18.1 Å². The summed E-state index contributed by atoms with van der Waals surface area (Å²) in [6.45, 7) is 0.714. The Balaban J connectivity index is 1.94. The van der Waals surface area contributed by atoms with Crippen LogP contribution in [0.4, 0.5) is 5.69 Å². The second-order valence-electron chi connectivity index (χ2n) is 3.82. The number of benzene rings is 1. The summed E-state index contributed by atoms with van der Waals surface area (Å²) in [4.78, 5) is 11.0. The molecular formula is C13H15N3O2. The zero-order chi connectivity index (χ0) is 12.8. The Morgan fingerprint density at radius 3 is 3.00 bits per heavy atom. The van der Waals surface area contributed by atoms with Gasteiger partial charge in [-0.25, -0.2) is 5.10 Å². The van der Waals surface area contributed by atoms with Crippen LogP contribution in [-0.4, -0.2) is 23.9 Å². The van der Waals surface area contributed by atoms with Gasteiger partial charge in [0.1, 0.15) is 5.75 Å². The molecule has 0 radical (unpaired) electrons. The largest absolute Gasteiger partial charge is 0.496 e. The van der Waals surface area contributed by atoms with Crippen LogP contribution in [0, 0.1) is 0 Å². The first-order valence-corrected chi connectivity index (χ1v) is 5.70. The van der Waals surface area contributed by atoms with Gasteiger partial charge in [0, 0.05) is 12.6 Å². The molecule has 0 saturated carbocycles. The Labute approximate surface area is 105 Å². The summed E-state index contributed by atoms with van der Waals surface area (Å²) in [6, 6.07) is 9.36. The highest BCUT2D eigenvalue weighted by molar-refractivity contribution is 5.40. The lowest BCUT2D eigenvalue weighted by Crippen LogP contribution is -2.11. The third-order valence-corrected chi connectivity index (χ3v) is 2.58. The highest BCUT2D eigenvalue weighted by atomic mass is 16.5. The van der Waals surface area contributed by atoms with Crippen LogP contribution in [-0.2, 0) is 6.42 Å². The summed E-state index contributed by atoms with van der Waals surface area (Å²) in [7, 11) is 1.66. The molecule has 1 aromatic heterocycles. The number of nitrogens with one attached hydrogen (secondary N) is 2. The minimum Gasteiger partial charge on any atom is -0.496 e. The van der Waals surface area contributed by atoms with Crippen molar-refractivity contribution >= 4 is 5.69 Å².